The Morgan fingerprint density at radius 2 is 2.05 bits per heavy atom. The summed E-state index contributed by atoms with van der Waals surface area (Å²) in [6.07, 6.45) is 0. The molecule has 4 nitrogen and oxygen atoms in total. The van der Waals surface area contributed by atoms with Gasteiger partial charge in [0, 0.05) is 21.6 Å². The van der Waals surface area contributed by atoms with Crippen LogP contribution in [-0.2, 0) is 0 Å². The Kier molecular flexibility index (Phi) is 3.77. The highest BCUT2D eigenvalue weighted by molar-refractivity contribution is 6.31. The second-order valence-corrected chi connectivity index (χ2v) is 5.45. The highest BCUT2D eigenvalue weighted by Crippen LogP contribution is 2.27. The quantitative estimate of drug-likeness (QED) is 0.753. The largest absolute Gasteiger partial charge is 0.496 e. The highest BCUT2D eigenvalue weighted by Gasteiger charge is 2.14. The number of ether oxygens (including phenoxy) is 1. The van der Waals surface area contributed by atoms with Crippen LogP contribution in [0.2, 0.25) is 5.02 Å². The zero-order valence-corrected chi connectivity index (χ0v) is 13.0. The maximum atomic E-state index is 12.5. The second-order valence-electron chi connectivity index (χ2n) is 5.02. The van der Waals surface area contributed by atoms with Gasteiger partial charge < -0.3 is 15.0 Å². The molecule has 1 aromatic heterocycles. The highest BCUT2D eigenvalue weighted by atomic mass is 35.5. The number of fused-ring (bicyclic) bond motifs is 1. The summed E-state index contributed by atoms with van der Waals surface area (Å²) >= 11 is 5.98. The fourth-order valence-corrected chi connectivity index (χ4v) is 2.62. The van der Waals surface area contributed by atoms with Gasteiger partial charge in [0.1, 0.15) is 5.75 Å². The number of aromatic amines is 1. The van der Waals surface area contributed by atoms with Gasteiger partial charge in [-0.2, -0.15) is 0 Å². The van der Waals surface area contributed by atoms with Gasteiger partial charge >= 0.3 is 0 Å². The Hall–Kier alpha value is -2.46. The number of hydrogen-bond donors (Lipinski definition) is 2. The van der Waals surface area contributed by atoms with E-state index in [1.807, 2.05) is 31.2 Å². The molecule has 3 rings (SSSR count). The van der Waals surface area contributed by atoms with Crippen LogP contribution in [0.15, 0.2) is 42.5 Å². The van der Waals surface area contributed by atoms with Crippen molar-refractivity contribution in [1.29, 1.82) is 0 Å². The molecule has 1 heterocycles. The van der Waals surface area contributed by atoms with Crippen LogP contribution in [0.4, 0.5) is 5.69 Å². The van der Waals surface area contributed by atoms with Gasteiger partial charge in [-0.15, -0.1) is 0 Å². The maximum absolute atomic E-state index is 12.5. The number of carbonyl (C=O) groups excluding carboxylic acids is 1. The molecule has 0 aliphatic heterocycles. The number of carbonyl (C=O) groups is 1. The van der Waals surface area contributed by atoms with Gasteiger partial charge in [0.2, 0.25) is 0 Å². The standard InChI is InChI=1S/C17H15ClN2O2/c1-10-8-12-14(19-10)4-3-5-15(12)20-17(21)13-9-11(18)6-7-16(13)22-2/h3-9,19H,1-2H3,(H,20,21). The van der Waals surface area contributed by atoms with Crippen molar-refractivity contribution in [3.63, 3.8) is 0 Å². The van der Waals surface area contributed by atoms with E-state index in [1.165, 1.54) is 7.11 Å². The van der Waals surface area contributed by atoms with Crippen molar-refractivity contribution in [3.05, 3.63) is 58.7 Å². The summed E-state index contributed by atoms with van der Waals surface area (Å²) < 4.78 is 5.23. The lowest BCUT2D eigenvalue weighted by Gasteiger charge is -2.10. The van der Waals surface area contributed by atoms with Crippen LogP contribution in [0.5, 0.6) is 5.75 Å². The predicted molar refractivity (Wildman–Crippen MR) is 89.0 cm³/mol. The lowest BCUT2D eigenvalue weighted by molar-refractivity contribution is 0.102. The number of aromatic nitrogens is 1. The normalized spacial score (nSPS) is 10.7. The number of halogens is 1. The van der Waals surface area contributed by atoms with Gasteiger partial charge in [-0.1, -0.05) is 17.7 Å². The molecule has 0 fully saturated rings. The van der Waals surface area contributed by atoms with E-state index < -0.39 is 0 Å². The molecular formula is C17H15ClN2O2. The maximum Gasteiger partial charge on any atom is 0.259 e. The Morgan fingerprint density at radius 3 is 2.82 bits per heavy atom. The molecule has 22 heavy (non-hydrogen) atoms. The fraction of sp³-hybridized carbons (Fsp3) is 0.118. The summed E-state index contributed by atoms with van der Waals surface area (Å²) in [4.78, 5) is 15.8. The molecule has 0 saturated heterocycles. The smallest absolute Gasteiger partial charge is 0.259 e. The van der Waals surface area contributed by atoms with Crippen LogP contribution >= 0.6 is 11.6 Å². The second kappa shape index (κ2) is 5.73. The van der Waals surface area contributed by atoms with Gasteiger partial charge in [-0.25, -0.2) is 0 Å². The molecule has 0 saturated carbocycles. The van der Waals surface area contributed by atoms with Crippen molar-refractivity contribution < 1.29 is 9.53 Å². The molecule has 0 atom stereocenters. The monoisotopic (exact) mass is 314 g/mol. The van der Waals surface area contributed by atoms with Gasteiger partial charge in [0.15, 0.2) is 0 Å². The van der Waals surface area contributed by atoms with Gasteiger partial charge in [0.05, 0.1) is 18.4 Å². The van der Waals surface area contributed by atoms with E-state index >= 15 is 0 Å². The van der Waals surface area contributed by atoms with Crippen LogP contribution in [-0.4, -0.2) is 18.0 Å². The molecule has 0 radical (unpaired) electrons. The van der Waals surface area contributed by atoms with Gasteiger partial charge in [0.25, 0.3) is 5.91 Å². The van der Waals surface area contributed by atoms with E-state index in [9.17, 15) is 4.79 Å². The number of rotatable bonds is 3. The summed E-state index contributed by atoms with van der Waals surface area (Å²) in [5, 5.41) is 4.37. The van der Waals surface area contributed by atoms with Crippen LogP contribution in [0.3, 0.4) is 0 Å². The minimum atomic E-state index is -0.259. The van der Waals surface area contributed by atoms with E-state index in [0.29, 0.717) is 16.3 Å². The molecule has 0 aliphatic carbocycles. The molecule has 112 valence electrons. The third-order valence-corrected chi connectivity index (χ3v) is 3.69. The van der Waals surface area contributed by atoms with Crippen molar-refractivity contribution in [2.75, 3.05) is 12.4 Å². The fourth-order valence-electron chi connectivity index (χ4n) is 2.45. The summed E-state index contributed by atoms with van der Waals surface area (Å²) in [6.45, 7) is 1.98. The van der Waals surface area contributed by atoms with E-state index in [1.54, 1.807) is 18.2 Å². The van der Waals surface area contributed by atoms with Gasteiger partial charge in [-0.3, -0.25) is 4.79 Å². The number of anilines is 1. The first-order chi connectivity index (χ1) is 10.6. The molecule has 5 heteroatoms. The topological polar surface area (TPSA) is 54.1 Å². The number of nitrogens with one attached hydrogen (secondary N) is 2. The minimum absolute atomic E-state index is 0.259. The number of aryl methyl sites for hydroxylation is 1. The first-order valence-corrected chi connectivity index (χ1v) is 7.19. The van der Waals surface area contributed by atoms with Crippen LogP contribution < -0.4 is 10.1 Å². The van der Waals surface area contributed by atoms with Crippen LogP contribution in [0.25, 0.3) is 10.9 Å². The average molecular weight is 315 g/mol. The van der Waals surface area contributed by atoms with Crippen LogP contribution in [0, 0.1) is 6.92 Å². The molecule has 3 aromatic rings. The van der Waals surface area contributed by atoms with Crippen LogP contribution in [0.1, 0.15) is 16.1 Å². The number of amides is 1. The summed E-state index contributed by atoms with van der Waals surface area (Å²) in [7, 11) is 1.52. The summed E-state index contributed by atoms with van der Waals surface area (Å²) in [5.41, 5.74) is 3.17. The SMILES string of the molecule is COc1ccc(Cl)cc1C(=O)Nc1cccc2[nH]c(C)cc12. The molecule has 0 spiro atoms. The average Bonchev–Trinajstić information content (AvgIpc) is 2.88. The first-order valence-electron chi connectivity index (χ1n) is 6.81. The molecule has 0 aliphatic rings. The summed E-state index contributed by atoms with van der Waals surface area (Å²) in [6, 6.07) is 12.7. The lowest BCUT2D eigenvalue weighted by atomic mass is 10.1. The van der Waals surface area contributed by atoms with E-state index in [0.717, 1.165) is 22.3 Å². The third kappa shape index (κ3) is 2.65. The number of benzene rings is 2. The first kappa shape index (κ1) is 14.5. The molecule has 2 N–H and O–H groups in total. The molecule has 0 unspecified atom stereocenters. The predicted octanol–water partition coefficient (Wildman–Crippen LogP) is 4.39. The van der Waals surface area contributed by atoms with Crippen molar-refractivity contribution in [3.8, 4) is 5.75 Å². The Bertz CT molecular complexity index is 855. The number of methoxy groups -OCH3 is 1. The molecule has 0 bridgehead atoms. The van der Waals surface area contributed by atoms with Crippen molar-refractivity contribution >= 4 is 34.1 Å². The van der Waals surface area contributed by atoms with E-state index in [4.69, 9.17) is 16.3 Å². The van der Waals surface area contributed by atoms with E-state index in [-0.39, 0.29) is 5.91 Å². The van der Waals surface area contributed by atoms with Crippen molar-refractivity contribution in [1.82, 2.24) is 4.98 Å². The molecule has 1 amide bonds. The van der Waals surface area contributed by atoms with Crippen molar-refractivity contribution in [2.45, 2.75) is 6.92 Å². The molecule has 2 aromatic carbocycles. The van der Waals surface area contributed by atoms with E-state index in [2.05, 4.69) is 10.3 Å². The molecular weight excluding hydrogens is 300 g/mol. The van der Waals surface area contributed by atoms with Crippen molar-refractivity contribution in [2.24, 2.45) is 0 Å². The number of hydrogen-bond acceptors (Lipinski definition) is 2. The zero-order valence-electron chi connectivity index (χ0n) is 12.2. The Labute approximate surface area is 133 Å². The zero-order chi connectivity index (χ0) is 15.7. The Morgan fingerprint density at radius 1 is 1.23 bits per heavy atom. The lowest BCUT2D eigenvalue weighted by Crippen LogP contribution is -2.13. The summed E-state index contributed by atoms with van der Waals surface area (Å²) in [5.74, 6) is 0.227. The third-order valence-electron chi connectivity index (χ3n) is 3.45. The Balaban J connectivity index is 1.98. The minimum Gasteiger partial charge on any atom is -0.496 e. The number of H-pyrrole nitrogens is 1. The van der Waals surface area contributed by atoms with Gasteiger partial charge in [-0.05, 0) is 43.3 Å².